The van der Waals surface area contributed by atoms with Crippen LogP contribution in [0.3, 0.4) is 0 Å². The van der Waals surface area contributed by atoms with Crippen molar-refractivity contribution in [2.75, 3.05) is 0 Å². The van der Waals surface area contributed by atoms with Crippen LogP contribution in [0.1, 0.15) is 0 Å². The Morgan fingerprint density at radius 2 is 2.12 bits per heavy atom. The molecule has 0 atom stereocenters. The minimum Gasteiger partial charge on any atom is -0.501 e. The van der Waals surface area contributed by atoms with E-state index in [-0.39, 0.29) is 0 Å². The third kappa shape index (κ3) is 1.82. The Morgan fingerprint density at radius 1 is 1.62 bits per heavy atom. The van der Waals surface area contributed by atoms with E-state index in [4.69, 9.17) is 15.5 Å². The summed E-state index contributed by atoms with van der Waals surface area (Å²) < 4.78 is 0. The quantitative estimate of drug-likeness (QED) is 0.285. The van der Waals surface area contributed by atoms with Crippen LogP contribution in [0.15, 0.2) is 11.8 Å². The molecule has 8 heavy (non-hydrogen) atoms. The summed E-state index contributed by atoms with van der Waals surface area (Å²) in [6.07, 6.45) is 0.544. The Labute approximate surface area is 45.3 Å². The van der Waals surface area contributed by atoms with Crippen LogP contribution >= 0.6 is 0 Å². The average molecular weight is 113 g/mol. The lowest BCUT2D eigenvalue weighted by Gasteiger charge is -1.82. The predicted octanol–water partition coefficient (Wildman–Crippen LogP) is 0.0365. The number of rotatable bonds is 1. The number of hydrogen-bond donors (Lipinski definition) is 2. The molecule has 42 valence electrons. The van der Waals surface area contributed by atoms with Crippen molar-refractivity contribution in [1.82, 2.24) is 0 Å². The first-order chi connectivity index (χ1) is 3.68. The second-order valence-electron chi connectivity index (χ2n) is 0.964. The molecule has 0 bridgehead atoms. The van der Waals surface area contributed by atoms with E-state index in [0.717, 1.165) is 0 Å². The average Bonchev–Trinajstić information content (AvgIpc) is 1.67. The minimum absolute atomic E-state index is 0.544. The van der Waals surface area contributed by atoms with Crippen molar-refractivity contribution in [1.29, 1.82) is 5.26 Å². The molecule has 4 heteroatoms. The molecule has 0 aliphatic heterocycles. The van der Waals surface area contributed by atoms with Gasteiger partial charge in [-0.1, -0.05) is 0 Å². The van der Waals surface area contributed by atoms with E-state index in [0.29, 0.717) is 6.08 Å². The second-order valence-corrected chi connectivity index (χ2v) is 0.964. The van der Waals surface area contributed by atoms with Gasteiger partial charge < -0.3 is 10.2 Å². The van der Waals surface area contributed by atoms with Gasteiger partial charge in [0.1, 0.15) is 0 Å². The van der Waals surface area contributed by atoms with Gasteiger partial charge in [-0.3, -0.25) is 0 Å². The van der Waals surface area contributed by atoms with Crippen LogP contribution in [-0.2, 0) is 4.79 Å². The van der Waals surface area contributed by atoms with Gasteiger partial charge in [-0.25, -0.2) is 4.79 Å². The fraction of sp³-hybridized carbons (Fsp3) is 0. The maximum atomic E-state index is 9.62. The van der Waals surface area contributed by atoms with Crippen LogP contribution < -0.4 is 0 Å². The van der Waals surface area contributed by atoms with Crippen molar-refractivity contribution in [3.63, 3.8) is 0 Å². The van der Waals surface area contributed by atoms with Crippen LogP contribution in [-0.4, -0.2) is 16.2 Å². The monoisotopic (exact) mass is 113 g/mol. The van der Waals surface area contributed by atoms with Gasteiger partial charge in [-0.2, -0.15) is 5.26 Å². The molecule has 0 amide bonds. The van der Waals surface area contributed by atoms with Crippen LogP contribution in [0.25, 0.3) is 0 Å². The fourth-order valence-electron chi connectivity index (χ4n) is 0.123. The van der Waals surface area contributed by atoms with Gasteiger partial charge in [-0.15, -0.1) is 0 Å². The Bertz CT molecular complexity index is 165. The van der Waals surface area contributed by atoms with Gasteiger partial charge in [-0.05, 0) is 0 Å². The van der Waals surface area contributed by atoms with Crippen molar-refractivity contribution in [3.05, 3.63) is 11.8 Å². The zero-order valence-corrected chi connectivity index (χ0v) is 3.83. The fourth-order valence-corrected chi connectivity index (χ4v) is 0.123. The SMILES string of the molecule is N#CC=C(O)C(=O)O. The van der Waals surface area contributed by atoms with E-state index in [9.17, 15) is 4.79 Å². The number of nitrogens with zero attached hydrogens (tertiary/aromatic N) is 1. The summed E-state index contributed by atoms with van der Waals surface area (Å²) in [4.78, 5) is 9.62. The molecule has 0 heterocycles. The van der Waals surface area contributed by atoms with Crippen LogP contribution in [0.2, 0.25) is 0 Å². The number of carbonyl (C=O) groups is 1. The molecule has 0 aliphatic rings. The molecule has 0 unspecified atom stereocenters. The van der Waals surface area contributed by atoms with Crippen molar-refractivity contribution < 1.29 is 15.0 Å². The molecule has 0 saturated heterocycles. The lowest BCUT2D eigenvalue weighted by Crippen LogP contribution is -1.97. The number of carboxylic acids is 1. The number of carboxylic acid groups (broad SMARTS) is 1. The zero-order chi connectivity index (χ0) is 6.57. The molecule has 4 nitrogen and oxygen atoms in total. The summed E-state index contributed by atoms with van der Waals surface area (Å²) in [5, 5.41) is 23.7. The first kappa shape index (κ1) is 6.50. The highest BCUT2D eigenvalue weighted by Crippen LogP contribution is 1.83. The molecule has 0 spiro atoms. The van der Waals surface area contributed by atoms with Crippen molar-refractivity contribution in [2.45, 2.75) is 0 Å². The summed E-state index contributed by atoms with van der Waals surface area (Å²) in [6.45, 7) is 0. The lowest BCUT2D eigenvalue weighted by molar-refractivity contribution is -0.135. The topological polar surface area (TPSA) is 81.3 Å². The van der Waals surface area contributed by atoms with Crippen LogP contribution in [0.5, 0.6) is 0 Å². The number of nitriles is 1. The Hall–Kier alpha value is -1.50. The normalized spacial score (nSPS) is 10.1. The zero-order valence-electron chi connectivity index (χ0n) is 3.83. The van der Waals surface area contributed by atoms with Crippen molar-refractivity contribution >= 4 is 5.97 Å². The molecule has 0 fully saturated rings. The van der Waals surface area contributed by atoms with Gasteiger partial charge in [0, 0.05) is 0 Å². The number of aliphatic hydroxyl groups excluding tert-OH is 1. The predicted molar refractivity (Wildman–Crippen MR) is 24.0 cm³/mol. The number of hydrogen-bond acceptors (Lipinski definition) is 3. The number of allylic oxidation sites excluding steroid dienone is 1. The molecule has 0 aromatic heterocycles. The van der Waals surface area contributed by atoms with Gasteiger partial charge in [0.25, 0.3) is 0 Å². The second kappa shape index (κ2) is 2.64. The Kier molecular flexibility index (Phi) is 2.14. The lowest BCUT2D eigenvalue weighted by atomic mass is 10.5. The summed E-state index contributed by atoms with van der Waals surface area (Å²) in [5.74, 6) is -2.43. The number of aliphatic hydroxyl groups is 1. The molecule has 0 radical (unpaired) electrons. The summed E-state index contributed by atoms with van der Waals surface area (Å²) >= 11 is 0. The molecule has 2 N–H and O–H groups in total. The largest absolute Gasteiger partial charge is 0.501 e. The third-order valence-electron chi connectivity index (χ3n) is 0.420. The molecule has 0 aliphatic carbocycles. The van der Waals surface area contributed by atoms with Gasteiger partial charge in [0.05, 0.1) is 12.1 Å². The summed E-state index contributed by atoms with van der Waals surface area (Å²) in [5.41, 5.74) is 0. The smallest absolute Gasteiger partial charge is 0.371 e. The van der Waals surface area contributed by atoms with Crippen molar-refractivity contribution in [2.24, 2.45) is 0 Å². The first-order valence-electron chi connectivity index (χ1n) is 1.70. The summed E-state index contributed by atoms with van der Waals surface area (Å²) in [7, 11) is 0. The van der Waals surface area contributed by atoms with Crippen molar-refractivity contribution in [3.8, 4) is 6.07 Å². The van der Waals surface area contributed by atoms with Crippen LogP contribution in [0.4, 0.5) is 0 Å². The maximum absolute atomic E-state index is 9.62. The molecule has 0 aromatic carbocycles. The molecule has 0 rings (SSSR count). The Balaban J connectivity index is 4.06. The first-order valence-corrected chi connectivity index (χ1v) is 1.70. The highest BCUT2D eigenvalue weighted by molar-refractivity contribution is 5.84. The van der Waals surface area contributed by atoms with Gasteiger partial charge in [0.2, 0.25) is 5.76 Å². The van der Waals surface area contributed by atoms with E-state index in [1.807, 2.05) is 0 Å². The van der Waals surface area contributed by atoms with Crippen LogP contribution in [0, 0.1) is 11.3 Å². The van der Waals surface area contributed by atoms with E-state index in [1.165, 1.54) is 6.07 Å². The van der Waals surface area contributed by atoms with E-state index in [1.54, 1.807) is 0 Å². The summed E-state index contributed by atoms with van der Waals surface area (Å²) in [6, 6.07) is 1.36. The highest BCUT2D eigenvalue weighted by Gasteiger charge is 1.99. The minimum atomic E-state index is -1.49. The third-order valence-corrected chi connectivity index (χ3v) is 0.420. The van der Waals surface area contributed by atoms with Gasteiger partial charge >= 0.3 is 5.97 Å². The number of aliphatic carboxylic acids is 1. The Morgan fingerprint density at radius 3 is 2.25 bits per heavy atom. The molecular formula is C4H3NO3. The molecule has 0 aromatic rings. The standard InChI is InChI=1S/C4H3NO3/c5-2-1-3(6)4(7)8/h1,6H,(H,7,8). The molecular weight excluding hydrogens is 110 g/mol. The van der Waals surface area contributed by atoms with Gasteiger partial charge in [0.15, 0.2) is 0 Å². The maximum Gasteiger partial charge on any atom is 0.371 e. The van der Waals surface area contributed by atoms with E-state index in [2.05, 4.69) is 0 Å². The highest BCUT2D eigenvalue weighted by atomic mass is 16.4. The molecule has 0 saturated carbocycles. The van der Waals surface area contributed by atoms with E-state index >= 15 is 0 Å². The van der Waals surface area contributed by atoms with E-state index < -0.39 is 11.7 Å².